The molecule has 2 rings (SSSR count). The molecular weight excluding hydrogens is 266 g/mol. The molecule has 3 unspecified atom stereocenters. The van der Waals surface area contributed by atoms with Crippen LogP contribution in [0.4, 0.5) is 8.78 Å². The number of halogens is 2. The zero-order valence-corrected chi connectivity index (χ0v) is 11.2. The minimum absolute atomic E-state index is 0.119. The third kappa shape index (κ3) is 3.13. The Morgan fingerprint density at radius 3 is 2.65 bits per heavy atom. The molecule has 6 heteroatoms. The summed E-state index contributed by atoms with van der Waals surface area (Å²) in [6.45, 7) is 1.90. The van der Waals surface area contributed by atoms with Crippen LogP contribution in [-0.2, 0) is 9.53 Å². The zero-order valence-electron chi connectivity index (χ0n) is 11.2. The zero-order chi connectivity index (χ0) is 14.7. The van der Waals surface area contributed by atoms with Gasteiger partial charge in [0.15, 0.2) is 0 Å². The van der Waals surface area contributed by atoms with Gasteiger partial charge in [0.25, 0.3) is 0 Å². The molecule has 1 heterocycles. The lowest BCUT2D eigenvalue weighted by Gasteiger charge is -2.18. The van der Waals surface area contributed by atoms with Crippen molar-refractivity contribution in [3.05, 3.63) is 35.4 Å². The van der Waals surface area contributed by atoms with Crippen molar-refractivity contribution in [2.75, 3.05) is 6.54 Å². The van der Waals surface area contributed by atoms with Crippen LogP contribution in [0.25, 0.3) is 0 Å². The highest BCUT2D eigenvalue weighted by molar-refractivity contribution is 5.81. The van der Waals surface area contributed by atoms with E-state index in [2.05, 4.69) is 5.32 Å². The lowest BCUT2D eigenvalue weighted by molar-refractivity contribution is -0.132. The van der Waals surface area contributed by atoms with E-state index in [4.69, 9.17) is 10.5 Å². The Hall–Kier alpha value is -1.53. The quantitative estimate of drug-likeness (QED) is 0.883. The second kappa shape index (κ2) is 6.28. The number of amides is 1. The normalized spacial score (nSPS) is 23.6. The van der Waals surface area contributed by atoms with E-state index in [9.17, 15) is 13.6 Å². The highest BCUT2D eigenvalue weighted by Gasteiger charge is 2.31. The maximum absolute atomic E-state index is 13.6. The second-order valence-electron chi connectivity index (χ2n) is 4.93. The van der Waals surface area contributed by atoms with E-state index >= 15 is 0 Å². The minimum Gasteiger partial charge on any atom is -0.364 e. The van der Waals surface area contributed by atoms with Gasteiger partial charge < -0.3 is 15.8 Å². The molecule has 0 spiro atoms. The average Bonchev–Trinajstić information content (AvgIpc) is 2.87. The van der Waals surface area contributed by atoms with Gasteiger partial charge in [-0.1, -0.05) is 6.07 Å². The minimum atomic E-state index is -0.760. The van der Waals surface area contributed by atoms with Crippen LogP contribution in [0.3, 0.4) is 0 Å². The molecule has 1 fully saturated rings. The summed E-state index contributed by atoms with van der Waals surface area (Å²) in [5.41, 5.74) is 5.33. The third-order valence-electron chi connectivity index (χ3n) is 3.45. The Kier molecular flexibility index (Phi) is 4.67. The van der Waals surface area contributed by atoms with Gasteiger partial charge in [0, 0.05) is 12.1 Å². The summed E-state index contributed by atoms with van der Waals surface area (Å²) >= 11 is 0. The molecule has 1 aliphatic rings. The van der Waals surface area contributed by atoms with Crippen LogP contribution in [0, 0.1) is 11.6 Å². The highest BCUT2D eigenvalue weighted by Crippen LogP contribution is 2.23. The molecule has 1 aliphatic heterocycles. The van der Waals surface area contributed by atoms with Crippen LogP contribution in [0.5, 0.6) is 0 Å². The lowest BCUT2D eigenvalue weighted by Crippen LogP contribution is -2.37. The Balaban J connectivity index is 2.01. The summed E-state index contributed by atoms with van der Waals surface area (Å²) in [6, 6.07) is 2.85. The number of nitrogens with two attached hydrogens (primary N) is 1. The molecule has 1 aromatic rings. The van der Waals surface area contributed by atoms with Crippen LogP contribution in [-0.4, -0.2) is 24.7 Å². The van der Waals surface area contributed by atoms with E-state index < -0.39 is 23.8 Å². The predicted octanol–water partition coefficient (Wildman–Crippen LogP) is 1.65. The molecule has 0 saturated carbocycles. The summed E-state index contributed by atoms with van der Waals surface area (Å²) in [5.74, 6) is -1.72. The number of nitrogens with one attached hydrogen (secondary N) is 1. The van der Waals surface area contributed by atoms with Crippen molar-refractivity contribution >= 4 is 5.91 Å². The number of rotatable bonds is 4. The largest absolute Gasteiger partial charge is 0.364 e. The average molecular weight is 284 g/mol. The first-order valence-electron chi connectivity index (χ1n) is 6.62. The van der Waals surface area contributed by atoms with Gasteiger partial charge in [-0.15, -0.1) is 0 Å². The van der Waals surface area contributed by atoms with Gasteiger partial charge in [-0.3, -0.25) is 4.79 Å². The summed E-state index contributed by atoms with van der Waals surface area (Å²) in [7, 11) is 0. The van der Waals surface area contributed by atoms with E-state index in [-0.39, 0.29) is 17.6 Å². The van der Waals surface area contributed by atoms with E-state index in [1.165, 1.54) is 13.0 Å². The van der Waals surface area contributed by atoms with E-state index in [1.54, 1.807) is 0 Å². The Morgan fingerprint density at radius 2 is 2.10 bits per heavy atom. The SMILES string of the molecule is CC(NC(=O)C1CCC(CN)O1)c1c(F)cccc1F. The van der Waals surface area contributed by atoms with Gasteiger partial charge in [0.05, 0.1) is 12.1 Å². The van der Waals surface area contributed by atoms with Crippen LogP contribution < -0.4 is 11.1 Å². The van der Waals surface area contributed by atoms with Crippen LogP contribution in [0.2, 0.25) is 0 Å². The van der Waals surface area contributed by atoms with Crippen molar-refractivity contribution in [3.63, 3.8) is 0 Å². The summed E-state index contributed by atoms with van der Waals surface area (Å²) in [5, 5.41) is 2.58. The second-order valence-corrected chi connectivity index (χ2v) is 4.93. The smallest absolute Gasteiger partial charge is 0.249 e. The van der Waals surface area contributed by atoms with E-state index in [0.717, 1.165) is 18.6 Å². The lowest BCUT2D eigenvalue weighted by atomic mass is 10.1. The number of carbonyl (C=O) groups excluding carboxylic acids is 1. The van der Waals surface area contributed by atoms with Crippen LogP contribution in [0.15, 0.2) is 18.2 Å². The first-order chi connectivity index (χ1) is 9.52. The maximum Gasteiger partial charge on any atom is 0.249 e. The molecule has 0 bridgehead atoms. The third-order valence-corrected chi connectivity index (χ3v) is 3.45. The molecule has 3 atom stereocenters. The standard InChI is InChI=1S/C14H18F2N2O2/c1-8(13-10(15)3-2-4-11(13)16)18-14(19)12-6-5-9(7-17)20-12/h2-4,8-9,12H,5-7,17H2,1H3,(H,18,19). The Bertz CT molecular complexity index is 476. The summed E-state index contributed by atoms with van der Waals surface area (Å²) in [4.78, 5) is 12.0. The molecule has 110 valence electrons. The first-order valence-corrected chi connectivity index (χ1v) is 6.62. The molecule has 0 radical (unpaired) electrons. The molecule has 1 saturated heterocycles. The molecule has 1 amide bonds. The molecule has 0 aromatic heterocycles. The van der Waals surface area contributed by atoms with Crippen molar-refractivity contribution in [1.82, 2.24) is 5.32 Å². The summed E-state index contributed by atoms with van der Waals surface area (Å²) in [6.07, 6.45) is 0.573. The van der Waals surface area contributed by atoms with Crippen LogP contribution in [0.1, 0.15) is 31.4 Å². The fourth-order valence-corrected chi connectivity index (χ4v) is 2.37. The van der Waals surface area contributed by atoms with Crippen molar-refractivity contribution in [3.8, 4) is 0 Å². The maximum atomic E-state index is 13.6. The number of hydrogen-bond acceptors (Lipinski definition) is 3. The monoisotopic (exact) mass is 284 g/mol. The molecular formula is C14H18F2N2O2. The van der Waals surface area contributed by atoms with Crippen molar-refractivity contribution in [2.45, 2.75) is 38.0 Å². The number of benzene rings is 1. The fourth-order valence-electron chi connectivity index (χ4n) is 2.37. The van der Waals surface area contributed by atoms with Gasteiger partial charge >= 0.3 is 0 Å². The molecule has 1 aromatic carbocycles. The fraction of sp³-hybridized carbons (Fsp3) is 0.500. The van der Waals surface area contributed by atoms with Crippen molar-refractivity contribution in [2.24, 2.45) is 5.73 Å². The van der Waals surface area contributed by atoms with Crippen molar-refractivity contribution in [1.29, 1.82) is 0 Å². The van der Waals surface area contributed by atoms with E-state index in [0.29, 0.717) is 13.0 Å². The number of ether oxygens (including phenoxy) is 1. The number of carbonyl (C=O) groups is 1. The molecule has 3 N–H and O–H groups in total. The van der Waals surface area contributed by atoms with Crippen LogP contribution >= 0.6 is 0 Å². The van der Waals surface area contributed by atoms with Crippen molar-refractivity contribution < 1.29 is 18.3 Å². The summed E-state index contributed by atoms with van der Waals surface area (Å²) < 4.78 is 32.7. The molecule has 0 aliphatic carbocycles. The number of hydrogen-bond donors (Lipinski definition) is 2. The van der Waals surface area contributed by atoms with E-state index in [1.807, 2.05) is 0 Å². The highest BCUT2D eigenvalue weighted by atomic mass is 19.1. The Morgan fingerprint density at radius 1 is 1.45 bits per heavy atom. The topological polar surface area (TPSA) is 64.4 Å². The van der Waals surface area contributed by atoms with Gasteiger partial charge in [-0.25, -0.2) is 8.78 Å². The predicted molar refractivity (Wildman–Crippen MR) is 69.9 cm³/mol. The first kappa shape index (κ1) is 14.9. The molecule has 20 heavy (non-hydrogen) atoms. The van der Waals surface area contributed by atoms with Gasteiger partial charge in [0.1, 0.15) is 17.7 Å². The molecule has 4 nitrogen and oxygen atoms in total. The van der Waals surface area contributed by atoms with Gasteiger partial charge in [-0.05, 0) is 31.9 Å². The van der Waals surface area contributed by atoms with Gasteiger partial charge in [0.2, 0.25) is 5.91 Å². The Labute approximate surface area is 116 Å². The van der Waals surface area contributed by atoms with Gasteiger partial charge in [-0.2, -0.15) is 0 Å².